The number of fused-ring (bicyclic) bond motifs is 1. The highest BCUT2D eigenvalue weighted by Crippen LogP contribution is 2.50. The number of benzene rings is 1. The fraction of sp³-hybridized carbons (Fsp3) is 0.400. The number of hydrogen-bond acceptors (Lipinski definition) is 5. The summed E-state index contributed by atoms with van der Waals surface area (Å²) in [5.74, 6) is -0.316. The number of alkyl halides is 3. The Kier molecular flexibility index (Phi) is 4.68. The maximum absolute atomic E-state index is 12.9. The highest BCUT2D eigenvalue weighted by atomic mass is 32.2. The van der Waals surface area contributed by atoms with Crippen LogP contribution < -0.4 is 4.18 Å². The Labute approximate surface area is 166 Å². The van der Waals surface area contributed by atoms with Gasteiger partial charge in [-0.15, -0.1) is 0 Å². The molecule has 4 rings (SSSR count). The number of carbonyl (C=O) groups is 1. The zero-order valence-electron chi connectivity index (χ0n) is 15.3. The van der Waals surface area contributed by atoms with Crippen molar-refractivity contribution in [3.63, 3.8) is 0 Å². The van der Waals surface area contributed by atoms with E-state index in [-0.39, 0.29) is 17.1 Å². The number of nitrogens with zero attached hydrogens (tertiary/aromatic N) is 1. The molecule has 1 saturated carbocycles. The van der Waals surface area contributed by atoms with E-state index < -0.39 is 21.5 Å². The highest BCUT2D eigenvalue weighted by Gasteiger charge is 2.49. The SMILES string of the molecule is O=C1c2ccccc2C[C@]12CC[C@H](c1ccc(OS(=O)(=O)C(F)(F)F)nc1)CC2. The summed E-state index contributed by atoms with van der Waals surface area (Å²) in [4.78, 5) is 16.6. The molecule has 0 radical (unpaired) electrons. The van der Waals surface area contributed by atoms with Crippen LogP contribution in [0.2, 0.25) is 0 Å². The summed E-state index contributed by atoms with van der Waals surface area (Å²) in [6, 6.07) is 10.3. The van der Waals surface area contributed by atoms with Crippen LogP contribution in [0.1, 0.15) is 53.1 Å². The molecule has 1 heterocycles. The minimum Gasteiger partial charge on any atom is -0.355 e. The summed E-state index contributed by atoms with van der Waals surface area (Å²) >= 11 is 0. The first kappa shape index (κ1) is 19.9. The van der Waals surface area contributed by atoms with E-state index in [2.05, 4.69) is 9.17 Å². The first-order valence-corrected chi connectivity index (χ1v) is 10.6. The number of hydrogen-bond donors (Lipinski definition) is 0. The predicted octanol–water partition coefficient (Wildman–Crippen LogP) is 4.39. The van der Waals surface area contributed by atoms with E-state index in [0.717, 1.165) is 54.9 Å². The van der Waals surface area contributed by atoms with Crippen molar-refractivity contribution in [2.24, 2.45) is 5.41 Å². The second kappa shape index (κ2) is 6.83. The topological polar surface area (TPSA) is 73.3 Å². The largest absolute Gasteiger partial charge is 0.534 e. The lowest BCUT2D eigenvalue weighted by molar-refractivity contribution is -0.0501. The molecule has 1 spiro atoms. The summed E-state index contributed by atoms with van der Waals surface area (Å²) in [6.45, 7) is 0. The number of halogens is 3. The van der Waals surface area contributed by atoms with Gasteiger partial charge >= 0.3 is 15.6 Å². The van der Waals surface area contributed by atoms with Crippen LogP contribution in [-0.4, -0.2) is 24.7 Å². The first-order valence-electron chi connectivity index (χ1n) is 9.21. The van der Waals surface area contributed by atoms with Crippen molar-refractivity contribution in [3.8, 4) is 5.88 Å². The maximum atomic E-state index is 12.9. The number of ketones is 1. The smallest absolute Gasteiger partial charge is 0.355 e. The molecule has 2 aliphatic carbocycles. The molecule has 154 valence electrons. The summed E-state index contributed by atoms with van der Waals surface area (Å²) in [5, 5.41) is 0. The Morgan fingerprint density at radius 3 is 2.34 bits per heavy atom. The molecular weight excluding hydrogens is 407 g/mol. The standard InChI is InChI=1S/C20H18F3NO4S/c21-20(22,23)29(26,27)28-17-6-5-15(12-24-17)13-7-9-19(10-8-13)11-14-3-1-2-4-16(14)18(19)25/h1-6,12-13H,7-11H2/t13-,19+. The molecule has 2 aromatic rings. The molecule has 1 fully saturated rings. The van der Waals surface area contributed by atoms with Gasteiger partial charge < -0.3 is 4.18 Å². The van der Waals surface area contributed by atoms with Crippen LogP contribution in [0.4, 0.5) is 13.2 Å². The number of aromatic nitrogens is 1. The van der Waals surface area contributed by atoms with Crippen molar-refractivity contribution < 1.29 is 30.6 Å². The van der Waals surface area contributed by atoms with Gasteiger partial charge in [0.2, 0.25) is 5.88 Å². The zero-order chi connectivity index (χ0) is 20.9. The van der Waals surface area contributed by atoms with Gasteiger partial charge in [0.25, 0.3) is 0 Å². The van der Waals surface area contributed by atoms with Gasteiger partial charge in [-0.25, -0.2) is 4.98 Å². The summed E-state index contributed by atoms with van der Waals surface area (Å²) < 4.78 is 63.3. The van der Waals surface area contributed by atoms with Crippen molar-refractivity contribution in [1.29, 1.82) is 0 Å². The van der Waals surface area contributed by atoms with E-state index in [1.54, 1.807) is 0 Å². The molecule has 0 aliphatic heterocycles. The summed E-state index contributed by atoms with van der Waals surface area (Å²) in [7, 11) is -5.74. The van der Waals surface area contributed by atoms with E-state index in [1.807, 2.05) is 24.3 Å². The van der Waals surface area contributed by atoms with Crippen LogP contribution >= 0.6 is 0 Å². The molecule has 29 heavy (non-hydrogen) atoms. The number of rotatable bonds is 3. The molecule has 0 bridgehead atoms. The fourth-order valence-corrected chi connectivity index (χ4v) is 4.79. The fourth-order valence-electron chi connectivity index (χ4n) is 4.38. The molecule has 2 aliphatic rings. The lowest BCUT2D eigenvalue weighted by atomic mass is 9.67. The molecule has 1 aromatic carbocycles. The second-order valence-electron chi connectivity index (χ2n) is 7.63. The average Bonchev–Trinajstić information content (AvgIpc) is 2.94. The van der Waals surface area contributed by atoms with Gasteiger partial charge in [0.15, 0.2) is 5.78 Å². The quantitative estimate of drug-likeness (QED) is 0.539. The van der Waals surface area contributed by atoms with Crippen LogP contribution in [-0.2, 0) is 16.5 Å². The Bertz CT molecular complexity index is 1040. The zero-order valence-corrected chi connectivity index (χ0v) is 16.1. The van der Waals surface area contributed by atoms with Gasteiger partial charge in [-0.1, -0.05) is 30.3 Å². The molecule has 0 amide bonds. The minimum absolute atomic E-state index is 0.109. The van der Waals surface area contributed by atoms with Crippen molar-refractivity contribution in [2.45, 2.75) is 43.5 Å². The van der Waals surface area contributed by atoms with E-state index in [4.69, 9.17) is 0 Å². The van der Waals surface area contributed by atoms with Gasteiger partial charge in [-0.05, 0) is 49.1 Å². The van der Waals surface area contributed by atoms with Crippen molar-refractivity contribution >= 4 is 15.9 Å². The highest BCUT2D eigenvalue weighted by molar-refractivity contribution is 7.87. The number of carbonyl (C=O) groups excluding carboxylic acids is 1. The van der Waals surface area contributed by atoms with Gasteiger partial charge in [0.1, 0.15) is 0 Å². The first-order chi connectivity index (χ1) is 13.6. The molecular formula is C20H18F3NO4S. The monoisotopic (exact) mass is 425 g/mol. The Balaban J connectivity index is 1.43. The lowest BCUT2D eigenvalue weighted by Crippen LogP contribution is -2.32. The third-order valence-electron chi connectivity index (χ3n) is 5.92. The molecule has 0 unspecified atom stereocenters. The third kappa shape index (κ3) is 3.52. The third-order valence-corrected chi connectivity index (χ3v) is 6.88. The summed E-state index contributed by atoms with van der Waals surface area (Å²) in [5.41, 5.74) is -3.18. The molecule has 0 N–H and O–H groups in total. The number of pyridine rings is 1. The predicted molar refractivity (Wildman–Crippen MR) is 98.0 cm³/mol. The van der Waals surface area contributed by atoms with Crippen molar-refractivity contribution in [3.05, 3.63) is 59.3 Å². The number of Topliss-reactive ketones (excluding diaryl/α,β-unsaturated/α-hetero) is 1. The van der Waals surface area contributed by atoms with E-state index >= 15 is 0 Å². The average molecular weight is 425 g/mol. The van der Waals surface area contributed by atoms with Gasteiger partial charge in [0.05, 0.1) is 0 Å². The van der Waals surface area contributed by atoms with Gasteiger partial charge in [0, 0.05) is 23.2 Å². The van der Waals surface area contributed by atoms with Crippen LogP contribution in [0.3, 0.4) is 0 Å². The minimum atomic E-state index is -5.74. The molecule has 5 nitrogen and oxygen atoms in total. The second-order valence-corrected chi connectivity index (χ2v) is 9.17. The molecule has 9 heteroatoms. The van der Waals surface area contributed by atoms with Crippen LogP contribution in [0.25, 0.3) is 0 Å². The molecule has 1 aromatic heterocycles. The van der Waals surface area contributed by atoms with Crippen molar-refractivity contribution in [1.82, 2.24) is 4.98 Å². The lowest BCUT2D eigenvalue weighted by Gasteiger charge is -2.36. The van der Waals surface area contributed by atoms with E-state index in [1.165, 1.54) is 12.3 Å². The van der Waals surface area contributed by atoms with Crippen LogP contribution in [0.15, 0.2) is 42.6 Å². The van der Waals surface area contributed by atoms with Crippen LogP contribution in [0, 0.1) is 5.41 Å². The van der Waals surface area contributed by atoms with E-state index in [9.17, 15) is 26.4 Å². The van der Waals surface area contributed by atoms with Crippen LogP contribution in [0.5, 0.6) is 5.88 Å². The molecule has 0 saturated heterocycles. The Morgan fingerprint density at radius 2 is 1.76 bits per heavy atom. The van der Waals surface area contributed by atoms with Gasteiger partial charge in [-0.3, -0.25) is 4.79 Å². The Morgan fingerprint density at radius 1 is 1.07 bits per heavy atom. The maximum Gasteiger partial charge on any atom is 0.534 e. The normalized spacial score (nSPS) is 24.5. The summed E-state index contributed by atoms with van der Waals surface area (Å²) in [6.07, 6.45) is 5.05. The molecule has 0 atom stereocenters. The van der Waals surface area contributed by atoms with Gasteiger partial charge in [-0.2, -0.15) is 21.6 Å². The van der Waals surface area contributed by atoms with E-state index in [0.29, 0.717) is 0 Å². The Hall–Kier alpha value is -2.42. The van der Waals surface area contributed by atoms with Crippen molar-refractivity contribution in [2.75, 3.05) is 0 Å².